The van der Waals surface area contributed by atoms with E-state index in [9.17, 15) is 4.79 Å². The molecule has 0 bridgehead atoms. The van der Waals surface area contributed by atoms with E-state index < -0.39 is 5.54 Å². The Morgan fingerprint density at radius 1 is 1.19 bits per heavy atom. The van der Waals surface area contributed by atoms with Crippen LogP contribution in [0, 0.1) is 3.57 Å². The molecule has 1 aliphatic rings. The van der Waals surface area contributed by atoms with E-state index in [1.807, 2.05) is 19.1 Å². The van der Waals surface area contributed by atoms with E-state index in [1.165, 1.54) is 14.5 Å². The number of aromatic nitrogens is 1. The Morgan fingerprint density at radius 3 is 2.73 bits per heavy atom. The third-order valence-electron chi connectivity index (χ3n) is 5.05. The van der Waals surface area contributed by atoms with Crippen molar-refractivity contribution in [3.05, 3.63) is 68.9 Å². The van der Waals surface area contributed by atoms with Crippen molar-refractivity contribution in [3.63, 3.8) is 0 Å². The molecule has 4 nitrogen and oxygen atoms in total. The van der Waals surface area contributed by atoms with E-state index in [0.717, 1.165) is 29.7 Å². The van der Waals surface area contributed by atoms with Crippen LogP contribution in [-0.4, -0.2) is 24.1 Å². The first kappa shape index (κ1) is 17.5. The van der Waals surface area contributed by atoms with Gasteiger partial charge in [-0.15, -0.1) is 0 Å². The number of hydrogen-bond donors (Lipinski definition) is 2. The fraction of sp³-hybridized carbons (Fsp3) is 0.286. The molecule has 134 valence electrons. The molecule has 2 aromatic carbocycles. The summed E-state index contributed by atoms with van der Waals surface area (Å²) in [6.07, 6.45) is 1.45. The average Bonchev–Trinajstić information content (AvgIpc) is 3.04. The first-order valence-corrected chi connectivity index (χ1v) is 9.98. The summed E-state index contributed by atoms with van der Waals surface area (Å²) in [6, 6.07) is 16.6. The number of carbonyl (C=O) groups is 1. The molecule has 5 heteroatoms. The molecule has 0 amide bonds. The largest absolute Gasteiger partial charge is 0.464 e. The maximum Gasteiger partial charge on any atom is 0.332 e. The highest BCUT2D eigenvalue weighted by Gasteiger charge is 2.46. The van der Waals surface area contributed by atoms with Crippen LogP contribution in [0.1, 0.15) is 23.7 Å². The highest BCUT2D eigenvalue weighted by molar-refractivity contribution is 14.1. The second kappa shape index (κ2) is 7.04. The lowest BCUT2D eigenvalue weighted by Crippen LogP contribution is -2.55. The molecule has 1 aliphatic heterocycles. The van der Waals surface area contributed by atoms with Crippen LogP contribution < -0.4 is 5.32 Å². The topological polar surface area (TPSA) is 54.1 Å². The molecule has 0 saturated heterocycles. The van der Waals surface area contributed by atoms with Gasteiger partial charge in [-0.1, -0.05) is 30.3 Å². The van der Waals surface area contributed by atoms with E-state index in [0.29, 0.717) is 13.0 Å². The van der Waals surface area contributed by atoms with E-state index in [-0.39, 0.29) is 5.97 Å². The minimum absolute atomic E-state index is 0.217. The normalized spacial score (nSPS) is 19.3. The van der Waals surface area contributed by atoms with Crippen molar-refractivity contribution >= 4 is 39.5 Å². The standard InChI is InChI=1S/C21H21IN2O2/c1-2-26-20(25)21(13-14-7-9-15(22)10-8-14)19-17(11-12-23-21)16-5-3-4-6-18(16)24-19/h3-10,23-24H,2,11-13H2,1H3. The third-order valence-corrected chi connectivity index (χ3v) is 5.77. The predicted molar refractivity (Wildman–Crippen MR) is 111 cm³/mol. The zero-order valence-electron chi connectivity index (χ0n) is 14.6. The molecule has 0 fully saturated rings. The van der Waals surface area contributed by atoms with E-state index in [1.54, 1.807) is 0 Å². The van der Waals surface area contributed by atoms with Crippen LogP contribution in [0.3, 0.4) is 0 Å². The Labute approximate surface area is 166 Å². The number of para-hydroxylation sites is 1. The summed E-state index contributed by atoms with van der Waals surface area (Å²) in [4.78, 5) is 16.6. The number of H-pyrrole nitrogens is 1. The van der Waals surface area contributed by atoms with Crippen LogP contribution in [0.15, 0.2) is 48.5 Å². The first-order valence-electron chi connectivity index (χ1n) is 8.91. The maximum atomic E-state index is 13.1. The van der Waals surface area contributed by atoms with E-state index >= 15 is 0 Å². The summed E-state index contributed by atoms with van der Waals surface area (Å²) in [7, 11) is 0. The Hall–Kier alpha value is -1.86. The van der Waals surface area contributed by atoms with Crippen LogP contribution in [-0.2, 0) is 27.9 Å². The molecule has 1 atom stereocenters. The summed E-state index contributed by atoms with van der Waals surface area (Å²) in [5.41, 5.74) is 3.46. The Kier molecular flexibility index (Phi) is 4.75. The zero-order valence-corrected chi connectivity index (χ0v) is 16.8. The van der Waals surface area contributed by atoms with Gasteiger partial charge in [0, 0.05) is 27.4 Å². The molecule has 4 rings (SSSR count). The number of esters is 1. The second-order valence-corrected chi connectivity index (χ2v) is 7.88. The lowest BCUT2D eigenvalue weighted by atomic mass is 9.82. The lowest BCUT2D eigenvalue weighted by molar-refractivity contribution is -0.152. The average molecular weight is 460 g/mol. The quantitative estimate of drug-likeness (QED) is 0.459. The minimum atomic E-state index is -0.880. The lowest BCUT2D eigenvalue weighted by Gasteiger charge is -2.36. The molecule has 2 heterocycles. The smallest absolute Gasteiger partial charge is 0.332 e. The second-order valence-electron chi connectivity index (χ2n) is 6.63. The van der Waals surface area contributed by atoms with Gasteiger partial charge in [0.1, 0.15) is 0 Å². The van der Waals surface area contributed by atoms with Gasteiger partial charge in [-0.25, -0.2) is 4.79 Å². The highest BCUT2D eigenvalue weighted by Crippen LogP contribution is 2.37. The van der Waals surface area contributed by atoms with Crippen molar-refractivity contribution in [2.24, 2.45) is 0 Å². The van der Waals surface area contributed by atoms with Crippen LogP contribution in [0.4, 0.5) is 0 Å². The summed E-state index contributed by atoms with van der Waals surface area (Å²) in [5, 5.41) is 4.68. The first-order chi connectivity index (χ1) is 12.6. The predicted octanol–water partition coefficient (Wildman–Crippen LogP) is 3.92. The van der Waals surface area contributed by atoms with Gasteiger partial charge >= 0.3 is 5.97 Å². The van der Waals surface area contributed by atoms with Crippen molar-refractivity contribution < 1.29 is 9.53 Å². The zero-order chi connectivity index (χ0) is 18.1. The minimum Gasteiger partial charge on any atom is -0.464 e. The summed E-state index contributed by atoms with van der Waals surface area (Å²) in [5.74, 6) is -0.217. The molecular weight excluding hydrogens is 439 g/mol. The molecule has 1 unspecified atom stereocenters. The van der Waals surface area contributed by atoms with Gasteiger partial charge in [0.2, 0.25) is 0 Å². The van der Waals surface area contributed by atoms with Gasteiger partial charge in [-0.05, 0) is 65.3 Å². The summed E-state index contributed by atoms with van der Waals surface area (Å²) < 4.78 is 6.69. The van der Waals surface area contributed by atoms with Gasteiger partial charge in [-0.2, -0.15) is 0 Å². The number of hydrogen-bond acceptors (Lipinski definition) is 3. The molecule has 0 aliphatic carbocycles. The SMILES string of the molecule is CCOC(=O)C1(Cc2ccc(I)cc2)NCCc2c1[nH]c1ccccc21. The van der Waals surface area contributed by atoms with Crippen molar-refractivity contribution in [2.45, 2.75) is 25.3 Å². The number of benzene rings is 2. The van der Waals surface area contributed by atoms with Crippen molar-refractivity contribution in [2.75, 3.05) is 13.2 Å². The highest BCUT2D eigenvalue weighted by atomic mass is 127. The van der Waals surface area contributed by atoms with Gasteiger partial charge in [0.15, 0.2) is 5.54 Å². The van der Waals surface area contributed by atoms with Gasteiger partial charge in [0.05, 0.1) is 12.3 Å². The Bertz CT molecular complexity index is 948. The van der Waals surface area contributed by atoms with Crippen LogP contribution >= 0.6 is 22.6 Å². The number of nitrogens with one attached hydrogen (secondary N) is 2. The Balaban J connectivity index is 1.87. The van der Waals surface area contributed by atoms with Crippen LogP contribution in [0.5, 0.6) is 0 Å². The van der Waals surface area contributed by atoms with Crippen molar-refractivity contribution in [1.29, 1.82) is 0 Å². The van der Waals surface area contributed by atoms with Crippen LogP contribution in [0.25, 0.3) is 10.9 Å². The number of carbonyl (C=O) groups excluding carboxylic acids is 1. The molecule has 2 N–H and O–H groups in total. The van der Waals surface area contributed by atoms with Crippen molar-refractivity contribution in [3.8, 4) is 0 Å². The van der Waals surface area contributed by atoms with E-state index in [4.69, 9.17) is 4.74 Å². The molecule has 26 heavy (non-hydrogen) atoms. The van der Waals surface area contributed by atoms with Gasteiger partial charge < -0.3 is 9.72 Å². The third kappa shape index (κ3) is 2.93. The Morgan fingerprint density at radius 2 is 1.96 bits per heavy atom. The molecule has 3 aromatic rings. The summed E-state index contributed by atoms with van der Waals surface area (Å²) in [6.45, 7) is 2.97. The number of halogens is 1. The molecule has 0 spiro atoms. The molecular formula is C21H21IN2O2. The van der Waals surface area contributed by atoms with Crippen LogP contribution in [0.2, 0.25) is 0 Å². The number of fused-ring (bicyclic) bond motifs is 3. The molecule has 0 saturated carbocycles. The van der Waals surface area contributed by atoms with Crippen molar-refractivity contribution in [1.82, 2.24) is 10.3 Å². The molecule has 0 radical (unpaired) electrons. The fourth-order valence-electron chi connectivity index (χ4n) is 3.87. The van der Waals surface area contributed by atoms with E-state index in [2.05, 4.69) is 69.3 Å². The fourth-order valence-corrected chi connectivity index (χ4v) is 4.23. The number of ether oxygens (including phenoxy) is 1. The monoisotopic (exact) mass is 460 g/mol. The summed E-state index contributed by atoms with van der Waals surface area (Å²) >= 11 is 2.29. The maximum absolute atomic E-state index is 13.1. The molecule has 1 aromatic heterocycles. The number of rotatable bonds is 4. The van der Waals surface area contributed by atoms with Gasteiger partial charge in [0.25, 0.3) is 0 Å². The van der Waals surface area contributed by atoms with Gasteiger partial charge in [-0.3, -0.25) is 5.32 Å². The number of aromatic amines is 1.